The maximum absolute atomic E-state index is 13.8. The summed E-state index contributed by atoms with van der Waals surface area (Å²) in [6.45, 7) is 0.328. The fourth-order valence-electron chi connectivity index (χ4n) is 2.80. The van der Waals surface area contributed by atoms with Gasteiger partial charge < -0.3 is 15.3 Å². The van der Waals surface area contributed by atoms with Crippen LogP contribution in [0.1, 0.15) is 30.7 Å². The van der Waals surface area contributed by atoms with Gasteiger partial charge in [-0.15, -0.1) is 0 Å². The molecule has 0 aliphatic heterocycles. The van der Waals surface area contributed by atoms with E-state index >= 15 is 0 Å². The fraction of sp³-hybridized carbons (Fsp3) is 0.562. The first kappa shape index (κ1) is 15.6. The summed E-state index contributed by atoms with van der Waals surface area (Å²) in [6, 6.07) is 4.29. The number of benzene rings is 1. The lowest BCUT2D eigenvalue weighted by atomic mass is 10.1. The molecule has 2 fully saturated rings. The molecule has 3 unspecified atom stereocenters. The Kier molecular flexibility index (Phi) is 4.28. The number of rotatable bonds is 5. The van der Waals surface area contributed by atoms with E-state index in [4.69, 9.17) is 11.6 Å². The summed E-state index contributed by atoms with van der Waals surface area (Å²) in [7, 11) is 1.66. The van der Waals surface area contributed by atoms with Crippen LogP contribution in [0.5, 0.6) is 0 Å². The molecule has 2 saturated carbocycles. The first-order valence-corrected chi connectivity index (χ1v) is 7.98. The predicted molar refractivity (Wildman–Crippen MR) is 82.4 cm³/mol. The van der Waals surface area contributed by atoms with Crippen LogP contribution in [0.25, 0.3) is 0 Å². The number of aliphatic hydroxyl groups is 1. The Labute approximate surface area is 134 Å². The summed E-state index contributed by atoms with van der Waals surface area (Å²) >= 11 is 6.04. The van der Waals surface area contributed by atoms with Gasteiger partial charge in [-0.1, -0.05) is 17.7 Å². The third-order valence-corrected chi connectivity index (χ3v) is 4.77. The monoisotopic (exact) mass is 326 g/mol. The second-order valence-electron chi connectivity index (χ2n) is 6.32. The summed E-state index contributed by atoms with van der Waals surface area (Å²) in [5.41, 5.74) is 0.482. The van der Waals surface area contributed by atoms with Crippen molar-refractivity contribution in [3.8, 4) is 0 Å². The Balaban J connectivity index is 1.53. The SMILES string of the molecule is CN(CC(O)C1CC1)C(=O)NC1CC1c1c(F)cccc1Cl. The minimum Gasteiger partial charge on any atom is -0.391 e. The Hall–Kier alpha value is -1.33. The van der Waals surface area contributed by atoms with Crippen LogP contribution in [0.2, 0.25) is 5.02 Å². The van der Waals surface area contributed by atoms with E-state index in [0.717, 1.165) is 12.8 Å². The molecule has 120 valence electrons. The molecule has 0 spiro atoms. The van der Waals surface area contributed by atoms with Crippen molar-refractivity contribution >= 4 is 17.6 Å². The third kappa shape index (κ3) is 3.36. The zero-order valence-electron chi connectivity index (χ0n) is 12.4. The molecule has 2 aliphatic rings. The molecule has 3 atom stereocenters. The number of nitrogens with one attached hydrogen (secondary N) is 1. The number of carbonyl (C=O) groups is 1. The van der Waals surface area contributed by atoms with Gasteiger partial charge in [-0.05, 0) is 37.3 Å². The van der Waals surface area contributed by atoms with Crippen molar-refractivity contribution in [1.82, 2.24) is 10.2 Å². The van der Waals surface area contributed by atoms with Crippen molar-refractivity contribution < 1.29 is 14.3 Å². The standard InChI is InChI=1S/C16H20ClFN2O2/c1-20(8-14(21)9-5-6-9)16(22)19-13-7-10(13)15-11(17)3-2-4-12(15)18/h2-4,9-10,13-14,21H,5-8H2,1H3,(H,19,22). The molecular weight excluding hydrogens is 307 g/mol. The van der Waals surface area contributed by atoms with Crippen LogP contribution in [0.15, 0.2) is 18.2 Å². The van der Waals surface area contributed by atoms with Crippen LogP contribution in [0.4, 0.5) is 9.18 Å². The number of halogens is 2. The maximum Gasteiger partial charge on any atom is 0.317 e. The van der Waals surface area contributed by atoms with Crippen molar-refractivity contribution in [3.63, 3.8) is 0 Å². The van der Waals surface area contributed by atoms with E-state index in [1.165, 1.54) is 11.0 Å². The van der Waals surface area contributed by atoms with Crippen LogP contribution in [-0.2, 0) is 0 Å². The number of hydrogen-bond donors (Lipinski definition) is 2. The van der Waals surface area contributed by atoms with Gasteiger partial charge in [0.15, 0.2) is 0 Å². The summed E-state index contributed by atoms with van der Waals surface area (Å²) in [5, 5.41) is 13.1. The van der Waals surface area contributed by atoms with Gasteiger partial charge in [0.2, 0.25) is 0 Å². The fourth-order valence-corrected chi connectivity index (χ4v) is 3.10. The van der Waals surface area contributed by atoms with Crippen molar-refractivity contribution in [2.45, 2.75) is 37.3 Å². The predicted octanol–water partition coefficient (Wildman–Crippen LogP) is 2.75. The average Bonchev–Trinajstić information content (AvgIpc) is 3.33. The highest BCUT2D eigenvalue weighted by molar-refractivity contribution is 6.31. The number of carbonyl (C=O) groups excluding carboxylic acids is 1. The first-order chi connectivity index (χ1) is 10.5. The molecule has 0 radical (unpaired) electrons. The smallest absolute Gasteiger partial charge is 0.317 e. The highest BCUT2D eigenvalue weighted by Gasteiger charge is 2.43. The lowest BCUT2D eigenvalue weighted by molar-refractivity contribution is 0.113. The number of urea groups is 1. The zero-order chi connectivity index (χ0) is 15.9. The molecule has 6 heteroatoms. The largest absolute Gasteiger partial charge is 0.391 e. The molecule has 0 saturated heterocycles. The van der Waals surface area contributed by atoms with Gasteiger partial charge >= 0.3 is 6.03 Å². The number of likely N-dealkylation sites (N-methyl/N-ethyl adjacent to an activating group) is 1. The van der Waals surface area contributed by atoms with Crippen LogP contribution in [0.3, 0.4) is 0 Å². The van der Waals surface area contributed by atoms with E-state index in [1.54, 1.807) is 19.2 Å². The van der Waals surface area contributed by atoms with E-state index in [1.807, 2.05) is 0 Å². The summed E-state index contributed by atoms with van der Waals surface area (Å²) < 4.78 is 13.8. The van der Waals surface area contributed by atoms with Gasteiger partial charge in [-0.2, -0.15) is 0 Å². The average molecular weight is 327 g/mol. The quantitative estimate of drug-likeness (QED) is 0.874. The number of nitrogens with zero attached hydrogens (tertiary/aromatic N) is 1. The van der Waals surface area contributed by atoms with Crippen molar-refractivity contribution in [1.29, 1.82) is 0 Å². The second-order valence-corrected chi connectivity index (χ2v) is 6.73. The Morgan fingerprint density at radius 2 is 2.27 bits per heavy atom. The minimum absolute atomic E-state index is 0.0700. The van der Waals surface area contributed by atoms with Crippen LogP contribution in [0, 0.1) is 11.7 Å². The van der Waals surface area contributed by atoms with Crippen LogP contribution in [-0.4, -0.2) is 41.8 Å². The molecule has 3 rings (SSSR count). The Morgan fingerprint density at radius 3 is 2.91 bits per heavy atom. The molecule has 2 amide bonds. The minimum atomic E-state index is -0.452. The number of aliphatic hydroxyl groups excluding tert-OH is 1. The molecule has 0 heterocycles. The highest BCUT2D eigenvalue weighted by atomic mass is 35.5. The van der Waals surface area contributed by atoms with Crippen LogP contribution >= 0.6 is 11.6 Å². The summed E-state index contributed by atoms with van der Waals surface area (Å²) in [4.78, 5) is 13.6. The van der Waals surface area contributed by atoms with Gasteiger partial charge in [0.25, 0.3) is 0 Å². The molecule has 1 aromatic rings. The van der Waals surface area contributed by atoms with E-state index in [2.05, 4.69) is 5.32 Å². The van der Waals surface area contributed by atoms with Crippen molar-refractivity contribution in [2.24, 2.45) is 5.92 Å². The lowest BCUT2D eigenvalue weighted by Crippen LogP contribution is -2.42. The molecule has 0 aromatic heterocycles. The maximum atomic E-state index is 13.8. The molecule has 1 aromatic carbocycles. The van der Waals surface area contributed by atoms with Crippen molar-refractivity contribution in [2.75, 3.05) is 13.6 Å². The van der Waals surface area contributed by atoms with E-state index in [9.17, 15) is 14.3 Å². The zero-order valence-corrected chi connectivity index (χ0v) is 13.2. The molecule has 2 aliphatic carbocycles. The third-order valence-electron chi connectivity index (χ3n) is 4.44. The van der Waals surface area contributed by atoms with Crippen LogP contribution < -0.4 is 5.32 Å². The van der Waals surface area contributed by atoms with Gasteiger partial charge in [0.1, 0.15) is 5.82 Å². The Morgan fingerprint density at radius 1 is 1.55 bits per heavy atom. The summed E-state index contributed by atoms with van der Waals surface area (Å²) in [5.74, 6) is -0.0627. The first-order valence-electron chi connectivity index (χ1n) is 7.61. The summed E-state index contributed by atoms with van der Waals surface area (Å²) in [6.07, 6.45) is 2.30. The van der Waals surface area contributed by atoms with E-state index in [-0.39, 0.29) is 23.8 Å². The van der Waals surface area contributed by atoms with Gasteiger partial charge in [-0.3, -0.25) is 0 Å². The van der Waals surface area contributed by atoms with E-state index in [0.29, 0.717) is 29.5 Å². The molecule has 4 nitrogen and oxygen atoms in total. The Bertz CT molecular complexity index is 559. The molecular formula is C16H20ClFN2O2. The molecule has 22 heavy (non-hydrogen) atoms. The highest BCUT2D eigenvalue weighted by Crippen LogP contribution is 2.45. The molecule has 0 bridgehead atoms. The van der Waals surface area contributed by atoms with Crippen molar-refractivity contribution in [3.05, 3.63) is 34.6 Å². The molecule has 2 N–H and O–H groups in total. The van der Waals surface area contributed by atoms with Gasteiger partial charge in [0.05, 0.1) is 6.10 Å². The normalized spacial score (nSPS) is 24.7. The van der Waals surface area contributed by atoms with E-state index < -0.39 is 6.10 Å². The van der Waals surface area contributed by atoms with Gasteiger partial charge in [0, 0.05) is 36.1 Å². The lowest BCUT2D eigenvalue weighted by Gasteiger charge is -2.21. The number of hydrogen-bond acceptors (Lipinski definition) is 2. The second kappa shape index (κ2) is 6.05. The topological polar surface area (TPSA) is 52.6 Å². The van der Waals surface area contributed by atoms with Gasteiger partial charge in [-0.25, -0.2) is 9.18 Å². The number of amides is 2.